The summed E-state index contributed by atoms with van der Waals surface area (Å²) in [6.45, 7) is 1.46. The second kappa shape index (κ2) is 8.02. The van der Waals surface area contributed by atoms with Crippen LogP contribution in [0.3, 0.4) is 0 Å². The molecule has 0 bridgehead atoms. The van der Waals surface area contributed by atoms with Gasteiger partial charge in [0.15, 0.2) is 0 Å². The third-order valence-electron chi connectivity index (χ3n) is 3.87. The predicted molar refractivity (Wildman–Crippen MR) is 105 cm³/mol. The van der Waals surface area contributed by atoms with E-state index >= 15 is 0 Å². The van der Waals surface area contributed by atoms with Gasteiger partial charge in [0, 0.05) is 23.9 Å². The van der Waals surface area contributed by atoms with Crippen molar-refractivity contribution in [2.75, 3.05) is 17.7 Å². The Labute approximate surface area is 157 Å². The average Bonchev–Trinajstić information content (AvgIpc) is 2.69. The van der Waals surface area contributed by atoms with Gasteiger partial charge >= 0.3 is 0 Å². The number of nitriles is 1. The molecule has 0 radical (unpaired) electrons. The highest BCUT2D eigenvalue weighted by molar-refractivity contribution is 5.88. The number of aromatic nitrogens is 1. The highest BCUT2D eigenvalue weighted by atomic mass is 16.5. The summed E-state index contributed by atoms with van der Waals surface area (Å²) in [5.74, 6) is 1.11. The van der Waals surface area contributed by atoms with Gasteiger partial charge in [-0.25, -0.2) is 4.98 Å². The SMILES string of the molecule is COc1ccc(-c2ccc(C#N)c(Nc3ccc(NC(C)=O)cc3)n2)cc1. The minimum Gasteiger partial charge on any atom is -0.497 e. The molecule has 6 nitrogen and oxygen atoms in total. The van der Waals surface area contributed by atoms with Crippen molar-refractivity contribution in [2.45, 2.75) is 6.92 Å². The van der Waals surface area contributed by atoms with E-state index in [-0.39, 0.29) is 5.91 Å². The summed E-state index contributed by atoms with van der Waals surface area (Å²) >= 11 is 0. The summed E-state index contributed by atoms with van der Waals surface area (Å²) in [5.41, 5.74) is 3.57. The van der Waals surface area contributed by atoms with Crippen LogP contribution in [0.5, 0.6) is 5.75 Å². The lowest BCUT2D eigenvalue weighted by atomic mass is 10.1. The molecule has 1 heterocycles. The number of rotatable bonds is 5. The summed E-state index contributed by atoms with van der Waals surface area (Å²) < 4.78 is 5.18. The predicted octanol–water partition coefficient (Wildman–Crippen LogP) is 4.33. The van der Waals surface area contributed by atoms with Crippen LogP contribution in [0.2, 0.25) is 0 Å². The van der Waals surface area contributed by atoms with E-state index in [0.717, 1.165) is 22.7 Å². The molecule has 0 aliphatic heterocycles. The molecule has 1 amide bonds. The zero-order chi connectivity index (χ0) is 19.2. The fourth-order valence-corrected chi connectivity index (χ4v) is 2.54. The smallest absolute Gasteiger partial charge is 0.221 e. The maximum Gasteiger partial charge on any atom is 0.221 e. The lowest BCUT2D eigenvalue weighted by Gasteiger charge is -2.11. The van der Waals surface area contributed by atoms with Gasteiger partial charge in [-0.15, -0.1) is 0 Å². The number of hydrogen-bond acceptors (Lipinski definition) is 5. The van der Waals surface area contributed by atoms with Crippen molar-refractivity contribution in [2.24, 2.45) is 0 Å². The van der Waals surface area contributed by atoms with Crippen LogP contribution in [-0.4, -0.2) is 18.0 Å². The van der Waals surface area contributed by atoms with E-state index in [2.05, 4.69) is 21.7 Å². The van der Waals surface area contributed by atoms with Crippen molar-refractivity contribution in [1.82, 2.24) is 4.98 Å². The highest BCUT2D eigenvalue weighted by Crippen LogP contribution is 2.26. The number of pyridine rings is 1. The van der Waals surface area contributed by atoms with Crippen LogP contribution in [0.15, 0.2) is 60.7 Å². The zero-order valence-corrected chi connectivity index (χ0v) is 15.0. The Balaban J connectivity index is 1.87. The number of carbonyl (C=O) groups excluding carboxylic acids is 1. The molecule has 0 atom stereocenters. The molecule has 0 unspecified atom stereocenters. The summed E-state index contributed by atoms with van der Waals surface area (Å²) in [5, 5.41) is 15.3. The van der Waals surface area contributed by atoms with Gasteiger partial charge in [-0.1, -0.05) is 0 Å². The fourth-order valence-electron chi connectivity index (χ4n) is 2.54. The molecule has 27 heavy (non-hydrogen) atoms. The number of amides is 1. The van der Waals surface area contributed by atoms with E-state index in [9.17, 15) is 10.1 Å². The van der Waals surface area contributed by atoms with Crippen molar-refractivity contribution in [1.29, 1.82) is 5.26 Å². The molecule has 0 aliphatic carbocycles. The standard InChI is InChI=1S/C21H18N4O2/c1-14(26)23-17-6-8-18(9-7-17)24-21-16(13-22)5-12-20(25-21)15-3-10-19(27-2)11-4-15/h3-12H,1-2H3,(H,23,26)(H,24,25). The van der Waals surface area contributed by atoms with Gasteiger partial charge in [0.2, 0.25) is 5.91 Å². The van der Waals surface area contributed by atoms with Gasteiger partial charge in [0.05, 0.1) is 18.4 Å². The van der Waals surface area contributed by atoms with Gasteiger partial charge in [-0.05, 0) is 60.7 Å². The monoisotopic (exact) mass is 358 g/mol. The van der Waals surface area contributed by atoms with Crippen LogP contribution >= 0.6 is 0 Å². The topological polar surface area (TPSA) is 87.0 Å². The summed E-state index contributed by atoms with van der Waals surface area (Å²) in [6, 6.07) is 20.4. The Hall–Kier alpha value is -3.85. The molecule has 134 valence electrons. The van der Waals surface area contributed by atoms with Crippen LogP contribution in [0.4, 0.5) is 17.2 Å². The first-order valence-electron chi connectivity index (χ1n) is 8.29. The molecular formula is C21H18N4O2. The third kappa shape index (κ3) is 4.41. The number of benzene rings is 2. The highest BCUT2D eigenvalue weighted by Gasteiger charge is 2.08. The van der Waals surface area contributed by atoms with Gasteiger partial charge in [-0.3, -0.25) is 4.79 Å². The maximum atomic E-state index is 11.1. The van der Waals surface area contributed by atoms with Crippen LogP contribution < -0.4 is 15.4 Å². The Morgan fingerprint density at radius 1 is 1.00 bits per heavy atom. The second-order valence-electron chi connectivity index (χ2n) is 5.82. The number of ether oxygens (including phenoxy) is 1. The van der Waals surface area contributed by atoms with Crippen LogP contribution in [-0.2, 0) is 4.79 Å². The number of anilines is 3. The lowest BCUT2D eigenvalue weighted by Crippen LogP contribution is -2.05. The van der Waals surface area contributed by atoms with Crippen LogP contribution in [0.1, 0.15) is 12.5 Å². The van der Waals surface area contributed by atoms with Crippen LogP contribution in [0.25, 0.3) is 11.3 Å². The number of carbonyl (C=O) groups is 1. The summed E-state index contributed by atoms with van der Waals surface area (Å²) in [6.07, 6.45) is 0. The van der Waals surface area contributed by atoms with E-state index in [1.165, 1.54) is 6.92 Å². The van der Waals surface area contributed by atoms with Crippen molar-refractivity contribution in [3.8, 4) is 23.1 Å². The van der Waals surface area contributed by atoms with Crippen molar-refractivity contribution in [3.05, 3.63) is 66.2 Å². The Kier molecular flexibility index (Phi) is 5.33. The molecule has 2 N–H and O–H groups in total. The van der Waals surface area contributed by atoms with E-state index in [0.29, 0.717) is 17.1 Å². The van der Waals surface area contributed by atoms with Crippen LogP contribution in [0, 0.1) is 11.3 Å². The number of nitrogens with zero attached hydrogens (tertiary/aromatic N) is 2. The van der Waals surface area contributed by atoms with Gasteiger partial charge in [-0.2, -0.15) is 5.26 Å². The Morgan fingerprint density at radius 2 is 1.67 bits per heavy atom. The van der Waals surface area contributed by atoms with Crippen molar-refractivity contribution < 1.29 is 9.53 Å². The molecule has 0 aliphatic rings. The molecule has 2 aromatic carbocycles. The summed E-state index contributed by atoms with van der Waals surface area (Å²) in [7, 11) is 1.62. The first-order chi connectivity index (χ1) is 13.1. The molecule has 3 rings (SSSR count). The molecule has 1 aromatic heterocycles. The second-order valence-corrected chi connectivity index (χ2v) is 5.82. The molecule has 6 heteroatoms. The first-order valence-corrected chi connectivity index (χ1v) is 8.29. The zero-order valence-electron chi connectivity index (χ0n) is 15.0. The van der Waals surface area contributed by atoms with Crippen molar-refractivity contribution in [3.63, 3.8) is 0 Å². The van der Waals surface area contributed by atoms with E-state index in [1.54, 1.807) is 25.3 Å². The first kappa shape index (κ1) is 18.0. The van der Waals surface area contributed by atoms with E-state index < -0.39 is 0 Å². The lowest BCUT2D eigenvalue weighted by molar-refractivity contribution is -0.114. The van der Waals surface area contributed by atoms with Gasteiger partial charge in [0.25, 0.3) is 0 Å². The number of nitrogens with one attached hydrogen (secondary N) is 2. The Bertz CT molecular complexity index is 990. The minimum atomic E-state index is -0.128. The molecule has 0 fully saturated rings. The fraction of sp³-hybridized carbons (Fsp3) is 0.0952. The normalized spacial score (nSPS) is 9.96. The minimum absolute atomic E-state index is 0.128. The van der Waals surface area contributed by atoms with E-state index in [1.807, 2.05) is 42.5 Å². The molecule has 0 spiro atoms. The molecule has 3 aromatic rings. The average molecular weight is 358 g/mol. The number of hydrogen-bond donors (Lipinski definition) is 2. The van der Waals surface area contributed by atoms with Gasteiger partial charge < -0.3 is 15.4 Å². The molecule has 0 saturated carbocycles. The summed E-state index contributed by atoms with van der Waals surface area (Å²) in [4.78, 5) is 15.7. The Morgan fingerprint density at radius 3 is 2.26 bits per heavy atom. The quantitative estimate of drug-likeness (QED) is 0.709. The largest absolute Gasteiger partial charge is 0.497 e. The van der Waals surface area contributed by atoms with Gasteiger partial charge in [0.1, 0.15) is 17.6 Å². The van der Waals surface area contributed by atoms with E-state index in [4.69, 9.17) is 4.74 Å². The molecule has 0 saturated heterocycles. The maximum absolute atomic E-state index is 11.1. The third-order valence-corrected chi connectivity index (χ3v) is 3.87. The molecular weight excluding hydrogens is 340 g/mol. The number of methoxy groups -OCH3 is 1. The van der Waals surface area contributed by atoms with Crippen molar-refractivity contribution >= 4 is 23.1 Å².